The topological polar surface area (TPSA) is 43.8 Å². The van der Waals surface area contributed by atoms with Crippen LogP contribution in [0.4, 0.5) is 14.6 Å². The average Bonchev–Trinajstić information content (AvgIpc) is 2.94. The summed E-state index contributed by atoms with van der Waals surface area (Å²) in [6.45, 7) is 4.21. The Hall–Kier alpha value is -3.01. The maximum absolute atomic E-state index is 12.1. The van der Waals surface area contributed by atoms with Gasteiger partial charge in [0.05, 0.1) is 0 Å². The molecular weight excluding hydrogens is 278 g/mol. The molecule has 2 aromatic heterocycles. The molecule has 0 aliphatic rings. The van der Waals surface area contributed by atoms with E-state index in [1.165, 1.54) is 12.1 Å². The van der Waals surface area contributed by atoms with Crippen molar-refractivity contribution in [1.29, 1.82) is 0 Å². The smallest absolute Gasteiger partial charge is 0.387 e. The summed E-state index contributed by atoms with van der Waals surface area (Å²) >= 11 is 0. The predicted molar refractivity (Wildman–Crippen MR) is 71.3 cm³/mol. The fourth-order valence-corrected chi connectivity index (χ4v) is 1.96. The van der Waals surface area contributed by atoms with Crippen LogP contribution in [0, 0.1) is 6.57 Å². The predicted octanol–water partition coefficient (Wildman–Crippen LogP) is 3.55. The number of ether oxygens (including phenoxy) is 1. The van der Waals surface area contributed by atoms with Gasteiger partial charge in [0.2, 0.25) is 5.69 Å². The van der Waals surface area contributed by atoms with Crippen LogP contribution in [0.5, 0.6) is 5.75 Å². The highest BCUT2D eigenvalue weighted by molar-refractivity contribution is 5.75. The SMILES string of the molecule is [C-]#[N+]c1cn2ccnc2c(-c2ccc(OC(F)F)cc2)n1. The Bertz CT molecular complexity index is 821. The van der Waals surface area contributed by atoms with Gasteiger partial charge in [-0.3, -0.25) is 0 Å². The minimum absolute atomic E-state index is 0.0643. The first-order valence-electron chi connectivity index (χ1n) is 5.94. The first-order valence-corrected chi connectivity index (χ1v) is 5.94. The zero-order chi connectivity index (χ0) is 14.8. The molecular formula is C14H8F2N4O. The van der Waals surface area contributed by atoms with Gasteiger partial charge in [0.1, 0.15) is 5.75 Å². The van der Waals surface area contributed by atoms with Gasteiger partial charge < -0.3 is 14.0 Å². The van der Waals surface area contributed by atoms with Gasteiger partial charge in [-0.05, 0) is 24.3 Å². The molecule has 2 heterocycles. The van der Waals surface area contributed by atoms with Crippen molar-refractivity contribution in [2.45, 2.75) is 6.61 Å². The maximum Gasteiger partial charge on any atom is 0.387 e. The minimum Gasteiger partial charge on any atom is -0.435 e. The maximum atomic E-state index is 12.1. The van der Waals surface area contributed by atoms with Crippen LogP contribution in [-0.2, 0) is 0 Å². The number of aromatic nitrogens is 3. The lowest BCUT2D eigenvalue weighted by Gasteiger charge is -2.05. The van der Waals surface area contributed by atoms with Crippen LogP contribution in [0.1, 0.15) is 0 Å². The van der Waals surface area contributed by atoms with E-state index in [9.17, 15) is 8.78 Å². The summed E-state index contributed by atoms with van der Waals surface area (Å²) in [7, 11) is 0. The highest BCUT2D eigenvalue weighted by Gasteiger charge is 2.14. The number of fused-ring (bicyclic) bond motifs is 1. The molecule has 0 aliphatic carbocycles. The number of imidazole rings is 1. The molecule has 21 heavy (non-hydrogen) atoms. The lowest BCUT2D eigenvalue weighted by atomic mass is 10.1. The number of rotatable bonds is 3. The quantitative estimate of drug-likeness (QED) is 0.692. The zero-order valence-electron chi connectivity index (χ0n) is 10.6. The first kappa shape index (κ1) is 13.0. The Kier molecular flexibility index (Phi) is 3.20. The third kappa shape index (κ3) is 2.51. The lowest BCUT2D eigenvalue weighted by Crippen LogP contribution is -2.01. The van der Waals surface area contributed by atoms with Crippen molar-refractivity contribution in [2.24, 2.45) is 0 Å². The summed E-state index contributed by atoms with van der Waals surface area (Å²) in [5.41, 5.74) is 1.76. The van der Waals surface area contributed by atoms with E-state index in [-0.39, 0.29) is 11.6 Å². The number of nitrogens with zero attached hydrogens (tertiary/aromatic N) is 4. The van der Waals surface area contributed by atoms with Crippen LogP contribution in [-0.4, -0.2) is 21.0 Å². The second-order valence-electron chi connectivity index (χ2n) is 4.12. The molecule has 0 fully saturated rings. The van der Waals surface area contributed by atoms with E-state index in [1.54, 1.807) is 35.1 Å². The Labute approximate surface area is 118 Å². The normalized spacial score (nSPS) is 10.8. The van der Waals surface area contributed by atoms with Crippen LogP contribution in [0.2, 0.25) is 0 Å². The van der Waals surface area contributed by atoms with Crippen molar-refractivity contribution in [2.75, 3.05) is 0 Å². The molecule has 0 radical (unpaired) electrons. The third-order valence-electron chi connectivity index (χ3n) is 2.83. The molecule has 0 unspecified atom stereocenters. The number of benzene rings is 1. The highest BCUT2D eigenvalue weighted by Crippen LogP contribution is 2.26. The fraction of sp³-hybridized carbons (Fsp3) is 0.0714. The average molecular weight is 286 g/mol. The summed E-state index contributed by atoms with van der Waals surface area (Å²) < 4.78 is 30.2. The van der Waals surface area contributed by atoms with E-state index in [1.807, 2.05) is 0 Å². The molecule has 1 aromatic carbocycles. The van der Waals surface area contributed by atoms with Crippen LogP contribution < -0.4 is 4.74 Å². The summed E-state index contributed by atoms with van der Waals surface area (Å²) in [5, 5.41) is 0. The Morgan fingerprint density at radius 1 is 1.24 bits per heavy atom. The third-order valence-corrected chi connectivity index (χ3v) is 2.83. The monoisotopic (exact) mass is 286 g/mol. The van der Waals surface area contributed by atoms with Crippen molar-refractivity contribution in [1.82, 2.24) is 14.4 Å². The lowest BCUT2D eigenvalue weighted by molar-refractivity contribution is -0.0498. The molecule has 0 saturated heterocycles. The van der Waals surface area contributed by atoms with Gasteiger partial charge in [-0.2, -0.15) is 8.78 Å². The Balaban J connectivity index is 2.07. The zero-order valence-corrected chi connectivity index (χ0v) is 10.6. The van der Waals surface area contributed by atoms with Crippen molar-refractivity contribution >= 4 is 11.5 Å². The van der Waals surface area contributed by atoms with Gasteiger partial charge in [0, 0.05) is 24.2 Å². The number of halogens is 2. The van der Waals surface area contributed by atoms with Gasteiger partial charge in [-0.15, -0.1) is 4.98 Å². The molecule has 3 aromatic rings. The number of hydrogen-bond acceptors (Lipinski definition) is 3. The van der Waals surface area contributed by atoms with Crippen molar-refractivity contribution < 1.29 is 13.5 Å². The largest absolute Gasteiger partial charge is 0.435 e. The molecule has 7 heteroatoms. The summed E-state index contributed by atoms with van der Waals surface area (Å²) in [4.78, 5) is 11.7. The Morgan fingerprint density at radius 3 is 2.67 bits per heavy atom. The first-order chi connectivity index (χ1) is 10.2. The molecule has 0 spiro atoms. The second-order valence-corrected chi connectivity index (χ2v) is 4.12. The molecule has 0 aliphatic heterocycles. The molecule has 3 rings (SSSR count). The Morgan fingerprint density at radius 2 is 2.00 bits per heavy atom. The second kappa shape index (κ2) is 5.17. The molecule has 5 nitrogen and oxygen atoms in total. The van der Waals surface area contributed by atoms with Crippen molar-refractivity contribution in [3.8, 4) is 17.0 Å². The van der Waals surface area contributed by atoms with Gasteiger partial charge in [-0.1, -0.05) is 6.57 Å². The van der Waals surface area contributed by atoms with E-state index in [0.717, 1.165) is 0 Å². The highest BCUT2D eigenvalue weighted by atomic mass is 19.3. The van der Waals surface area contributed by atoms with E-state index >= 15 is 0 Å². The van der Waals surface area contributed by atoms with E-state index < -0.39 is 6.61 Å². The van der Waals surface area contributed by atoms with Gasteiger partial charge in [0.25, 0.3) is 5.82 Å². The minimum atomic E-state index is -2.86. The molecule has 0 amide bonds. The van der Waals surface area contributed by atoms with E-state index in [4.69, 9.17) is 6.57 Å². The summed E-state index contributed by atoms with van der Waals surface area (Å²) in [6.07, 6.45) is 4.89. The fourth-order valence-electron chi connectivity index (χ4n) is 1.96. The standard InChI is InChI=1S/C14H8F2N4O/c1-17-11-8-20-7-6-18-13(20)12(19-11)9-2-4-10(5-3-9)21-14(15)16/h2-8,14H. The van der Waals surface area contributed by atoms with Crippen LogP contribution >= 0.6 is 0 Å². The van der Waals surface area contributed by atoms with Gasteiger partial charge >= 0.3 is 6.61 Å². The van der Waals surface area contributed by atoms with E-state index in [0.29, 0.717) is 16.9 Å². The van der Waals surface area contributed by atoms with E-state index in [2.05, 4.69) is 19.5 Å². The van der Waals surface area contributed by atoms with Gasteiger partial charge in [0.15, 0.2) is 5.65 Å². The summed E-state index contributed by atoms with van der Waals surface area (Å²) in [5.74, 6) is 0.290. The van der Waals surface area contributed by atoms with Gasteiger partial charge in [-0.25, -0.2) is 4.98 Å². The molecule has 0 saturated carbocycles. The van der Waals surface area contributed by atoms with Crippen molar-refractivity contribution in [3.63, 3.8) is 0 Å². The van der Waals surface area contributed by atoms with Crippen LogP contribution in [0.25, 0.3) is 21.7 Å². The summed E-state index contributed by atoms with van der Waals surface area (Å²) in [6, 6.07) is 6.05. The van der Waals surface area contributed by atoms with Crippen molar-refractivity contribution in [3.05, 3.63) is 54.3 Å². The van der Waals surface area contributed by atoms with Crippen LogP contribution in [0.15, 0.2) is 42.9 Å². The molecule has 0 N–H and O–H groups in total. The molecule has 0 atom stereocenters. The molecule has 0 bridgehead atoms. The van der Waals surface area contributed by atoms with Crippen LogP contribution in [0.3, 0.4) is 0 Å². The molecule has 104 valence electrons. The number of alkyl halides is 2. The number of hydrogen-bond donors (Lipinski definition) is 0.